The number of aryl methyl sites for hydroxylation is 2. The van der Waals surface area contributed by atoms with E-state index in [0.717, 1.165) is 27.3 Å². The summed E-state index contributed by atoms with van der Waals surface area (Å²) in [6.45, 7) is 4.22. The number of rotatable bonds is 5. The number of hydrogen-bond acceptors (Lipinski definition) is 4. The number of thioether (sulfide) groups is 1. The summed E-state index contributed by atoms with van der Waals surface area (Å²) in [7, 11) is 0. The highest BCUT2D eigenvalue weighted by Crippen LogP contribution is 2.31. The minimum atomic E-state index is 0.871. The second-order valence-electron chi connectivity index (χ2n) is 6.23. The first-order valence-electron chi connectivity index (χ1n) is 8.45. The largest absolute Gasteiger partial charge is 0.269 e. The van der Waals surface area contributed by atoms with Gasteiger partial charge in [-0.15, -0.1) is 21.5 Å². The fourth-order valence-corrected chi connectivity index (χ4v) is 4.40. The average Bonchev–Trinajstić information content (AvgIpc) is 3.30. The zero-order valence-electron chi connectivity index (χ0n) is 14.7. The summed E-state index contributed by atoms with van der Waals surface area (Å²) in [4.78, 5) is 1.13. The van der Waals surface area contributed by atoms with Crippen LogP contribution in [0.3, 0.4) is 0 Å². The molecule has 0 spiro atoms. The average molecular weight is 378 g/mol. The zero-order chi connectivity index (χ0) is 17.9. The maximum Gasteiger partial charge on any atom is 0.196 e. The first kappa shape index (κ1) is 17.1. The van der Waals surface area contributed by atoms with Gasteiger partial charge in [0.1, 0.15) is 0 Å². The lowest BCUT2D eigenvalue weighted by molar-refractivity contribution is 0.886. The number of benzene rings is 2. The number of thiophene rings is 1. The fraction of sp³-hybridized carbons (Fsp3) is 0.143. The van der Waals surface area contributed by atoms with Crippen LogP contribution in [0.5, 0.6) is 0 Å². The first-order valence-corrected chi connectivity index (χ1v) is 10.3. The SMILES string of the molecule is Cc1ccc(-n2c(SCc3cccc(C)c3)nnc2-c2cccs2)cc1. The molecular weight excluding hydrogens is 358 g/mol. The lowest BCUT2D eigenvalue weighted by atomic mass is 10.2. The van der Waals surface area contributed by atoms with Crippen LogP contribution in [-0.4, -0.2) is 14.8 Å². The maximum absolute atomic E-state index is 4.49. The predicted molar refractivity (Wildman–Crippen MR) is 110 cm³/mol. The van der Waals surface area contributed by atoms with Gasteiger partial charge in [0.15, 0.2) is 11.0 Å². The van der Waals surface area contributed by atoms with Gasteiger partial charge in [0, 0.05) is 11.4 Å². The van der Waals surface area contributed by atoms with Crippen molar-refractivity contribution in [1.29, 1.82) is 0 Å². The standard InChI is InChI=1S/C21H19N3S2/c1-15-8-10-18(11-9-15)24-20(19-7-4-12-25-19)22-23-21(24)26-14-17-6-3-5-16(2)13-17/h3-13H,14H2,1-2H3. The highest BCUT2D eigenvalue weighted by Gasteiger charge is 2.16. The Bertz CT molecular complexity index is 1000. The van der Waals surface area contributed by atoms with Crippen molar-refractivity contribution >= 4 is 23.1 Å². The maximum atomic E-state index is 4.49. The van der Waals surface area contributed by atoms with Crippen molar-refractivity contribution in [1.82, 2.24) is 14.8 Å². The van der Waals surface area contributed by atoms with E-state index >= 15 is 0 Å². The van der Waals surface area contributed by atoms with Crippen LogP contribution in [0.25, 0.3) is 16.4 Å². The van der Waals surface area contributed by atoms with Gasteiger partial charge < -0.3 is 0 Å². The highest BCUT2D eigenvalue weighted by atomic mass is 32.2. The molecule has 4 aromatic rings. The summed E-state index contributed by atoms with van der Waals surface area (Å²) in [6, 6.07) is 21.3. The van der Waals surface area contributed by atoms with Gasteiger partial charge in [-0.2, -0.15) is 0 Å². The van der Waals surface area contributed by atoms with E-state index in [1.165, 1.54) is 16.7 Å². The van der Waals surface area contributed by atoms with Crippen LogP contribution in [0, 0.1) is 13.8 Å². The molecular formula is C21H19N3S2. The molecule has 0 atom stereocenters. The minimum Gasteiger partial charge on any atom is -0.269 e. The van der Waals surface area contributed by atoms with Crippen molar-refractivity contribution in [2.24, 2.45) is 0 Å². The lowest BCUT2D eigenvalue weighted by Crippen LogP contribution is -1.99. The molecule has 3 nitrogen and oxygen atoms in total. The molecule has 26 heavy (non-hydrogen) atoms. The van der Waals surface area contributed by atoms with Crippen molar-refractivity contribution in [2.45, 2.75) is 24.8 Å². The number of hydrogen-bond donors (Lipinski definition) is 0. The van der Waals surface area contributed by atoms with Crippen molar-refractivity contribution in [2.75, 3.05) is 0 Å². The Morgan fingerprint density at radius 1 is 0.923 bits per heavy atom. The van der Waals surface area contributed by atoms with Crippen LogP contribution in [0.4, 0.5) is 0 Å². The van der Waals surface area contributed by atoms with E-state index in [-0.39, 0.29) is 0 Å². The van der Waals surface area contributed by atoms with Gasteiger partial charge in [0.05, 0.1) is 4.88 Å². The summed E-state index contributed by atoms with van der Waals surface area (Å²) >= 11 is 3.41. The van der Waals surface area contributed by atoms with Gasteiger partial charge in [-0.3, -0.25) is 4.57 Å². The molecule has 0 aliphatic heterocycles. The molecule has 2 heterocycles. The summed E-state index contributed by atoms with van der Waals surface area (Å²) < 4.78 is 2.16. The Hall–Kier alpha value is -2.37. The van der Waals surface area contributed by atoms with Gasteiger partial charge in [0.25, 0.3) is 0 Å². The predicted octanol–water partition coefficient (Wildman–Crippen LogP) is 5.90. The van der Waals surface area contributed by atoms with Crippen molar-refractivity contribution in [3.8, 4) is 16.4 Å². The smallest absolute Gasteiger partial charge is 0.196 e. The molecule has 4 rings (SSSR count). The quantitative estimate of drug-likeness (QED) is 0.405. The fourth-order valence-electron chi connectivity index (χ4n) is 2.81. The van der Waals surface area contributed by atoms with Crippen molar-refractivity contribution < 1.29 is 0 Å². The van der Waals surface area contributed by atoms with E-state index in [4.69, 9.17) is 0 Å². The molecule has 0 fully saturated rings. The Balaban J connectivity index is 1.71. The van der Waals surface area contributed by atoms with E-state index in [2.05, 4.69) is 88.6 Å². The molecule has 0 amide bonds. The Morgan fingerprint density at radius 2 is 1.77 bits per heavy atom. The Morgan fingerprint density at radius 3 is 2.50 bits per heavy atom. The number of aromatic nitrogens is 3. The molecule has 2 aromatic carbocycles. The molecule has 0 unspecified atom stereocenters. The first-order chi connectivity index (χ1) is 12.7. The molecule has 0 saturated carbocycles. The van der Waals surface area contributed by atoms with E-state index in [9.17, 15) is 0 Å². The third-order valence-electron chi connectivity index (χ3n) is 4.12. The molecule has 130 valence electrons. The van der Waals surface area contributed by atoms with Crippen LogP contribution < -0.4 is 0 Å². The normalized spacial score (nSPS) is 11.0. The van der Waals surface area contributed by atoms with Gasteiger partial charge in [-0.25, -0.2) is 0 Å². The lowest BCUT2D eigenvalue weighted by Gasteiger charge is -2.10. The second kappa shape index (κ2) is 7.48. The zero-order valence-corrected chi connectivity index (χ0v) is 16.3. The van der Waals surface area contributed by atoms with Crippen LogP contribution in [0.15, 0.2) is 71.2 Å². The summed E-state index contributed by atoms with van der Waals surface area (Å²) in [5.74, 6) is 1.77. The van der Waals surface area contributed by atoms with E-state index < -0.39 is 0 Å². The van der Waals surface area contributed by atoms with Gasteiger partial charge in [-0.1, -0.05) is 65.4 Å². The Kier molecular flexibility index (Phi) is 4.91. The Labute approximate surface area is 161 Å². The molecule has 0 bridgehead atoms. The van der Waals surface area contributed by atoms with Crippen LogP contribution in [0.1, 0.15) is 16.7 Å². The molecule has 0 saturated heterocycles. The van der Waals surface area contributed by atoms with Crippen molar-refractivity contribution in [3.63, 3.8) is 0 Å². The van der Waals surface area contributed by atoms with E-state index in [1.807, 2.05) is 6.07 Å². The minimum absolute atomic E-state index is 0.871. The summed E-state index contributed by atoms with van der Waals surface area (Å²) in [5.41, 5.74) is 4.91. The molecule has 0 aliphatic carbocycles. The highest BCUT2D eigenvalue weighted by molar-refractivity contribution is 7.98. The molecule has 0 radical (unpaired) electrons. The van der Waals surface area contributed by atoms with Gasteiger partial charge in [0.2, 0.25) is 0 Å². The molecule has 2 aromatic heterocycles. The van der Waals surface area contributed by atoms with Crippen LogP contribution in [-0.2, 0) is 5.75 Å². The van der Waals surface area contributed by atoms with Gasteiger partial charge in [-0.05, 0) is 43.0 Å². The van der Waals surface area contributed by atoms with Crippen molar-refractivity contribution in [3.05, 3.63) is 82.7 Å². The molecule has 0 aliphatic rings. The van der Waals surface area contributed by atoms with Gasteiger partial charge >= 0.3 is 0 Å². The van der Waals surface area contributed by atoms with E-state index in [1.54, 1.807) is 23.1 Å². The van der Waals surface area contributed by atoms with Crippen LogP contribution >= 0.6 is 23.1 Å². The number of nitrogens with zero attached hydrogens (tertiary/aromatic N) is 3. The molecule has 5 heteroatoms. The van der Waals surface area contributed by atoms with Crippen LogP contribution in [0.2, 0.25) is 0 Å². The second-order valence-corrected chi connectivity index (χ2v) is 8.12. The molecule has 0 N–H and O–H groups in total. The van der Waals surface area contributed by atoms with E-state index in [0.29, 0.717) is 0 Å². The summed E-state index contributed by atoms with van der Waals surface area (Å²) in [6.07, 6.45) is 0. The monoisotopic (exact) mass is 377 g/mol. The topological polar surface area (TPSA) is 30.7 Å². The third kappa shape index (κ3) is 3.59. The summed E-state index contributed by atoms with van der Waals surface area (Å²) in [5, 5.41) is 12.0. The third-order valence-corrected chi connectivity index (χ3v) is 5.98.